The highest BCUT2D eigenvalue weighted by Gasteiger charge is 2.21. The van der Waals surface area contributed by atoms with E-state index in [1.165, 1.54) is 0 Å². The van der Waals surface area contributed by atoms with E-state index in [-0.39, 0.29) is 12.8 Å². The second kappa shape index (κ2) is 8.44. The highest BCUT2D eigenvalue weighted by Crippen LogP contribution is 2.19. The Kier molecular flexibility index (Phi) is 8.12. The smallest absolute Gasteiger partial charge is 0.306 e. The van der Waals surface area contributed by atoms with E-state index < -0.39 is 17.9 Å². The first-order valence-corrected chi connectivity index (χ1v) is 6.26. The molecule has 0 aromatic heterocycles. The lowest BCUT2D eigenvalue weighted by Gasteiger charge is -2.16. The van der Waals surface area contributed by atoms with Crippen LogP contribution in [0, 0.1) is 5.92 Å². The normalized spacial score (nSPS) is 13.6. The molecular formula is C12H24O5. The molecule has 0 heterocycles. The van der Waals surface area contributed by atoms with Crippen LogP contribution >= 0.6 is 0 Å². The van der Waals surface area contributed by atoms with Gasteiger partial charge in [-0.15, -0.1) is 0 Å². The second-order valence-electron chi connectivity index (χ2n) is 4.55. The van der Waals surface area contributed by atoms with Crippen LogP contribution in [0.2, 0.25) is 0 Å². The van der Waals surface area contributed by atoms with Crippen LogP contribution in [0.25, 0.3) is 0 Å². The molecule has 0 aliphatic carbocycles. The van der Waals surface area contributed by atoms with Crippen molar-refractivity contribution < 1.29 is 25.2 Å². The predicted molar refractivity (Wildman–Crippen MR) is 63.1 cm³/mol. The summed E-state index contributed by atoms with van der Waals surface area (Å²) in [7, 11) is 0. The molecule has 0 saturated heterocycles. The van der Waals surface area contributed by atoms with Crippen molar-refractivity contribution in [1.82, 2.24) is 0 Å². The highest BCUT2D eigenvalue weighted by molar-refractivity contribution is 5.69. The number of unbranched alkanes of at least 4 members (excludes halogenated alkanes) is 3. The van der Waals surface area contributed by atoms with Gasteiger partial charge in [0.15, 0.2) is 0 Å². The Balaban J connectivity index is 3.79. The van der Waals surface area contributed by atoms with Gasteiger partial charge in [0, 0.05) is 6.42 Å². The van der Waals surface area contributed by atoms with Gasteiger partial charge >= 0.3 is 5.97 Å². The van der Waals surface area contributed by atoms with Crippen LogP contribution in [0.15, 0.2) is 0 Å². The van der Waals surface area contributed by atoms with E-state index in [4.69, 9.17) is 20.4 Å². The molecule has 1 unspecified atom stereocenters. The zero-order valence-electron chi connectivity index (χ0n) is 10.4. The van der Waals surface area contributed by atoms with Crippen molar-refractivity contribution >= 4 is 5.97 Å². The largest absolute Gasteiger partial charge is 0.481 e. The summed E-state index contributed by atoms with van der Waals surface area (Å²) in [5.41, 5.74) is 0. The Bertz CT molecular complexity index is 209. The minimum absolute atomic E-state index is 0.217. The van der Waals surface area contributed by atoms with Crippen LogP contribution in [-0.2, 0) is 4.79 Å². The molecular weight excluding hydrogens is 224 g/mol. The number of hydrogen-bond donors (Lipinski definition) is 4. The summed E-state index contributed by atoms with van der Waals surface area (Å²) in [6.07, 6.45) is 5.19. The van der Waals surface area contributed by atoms with Gasteiger partial charge in [-0.1, -0.05) is 32.6 Å². The molecule has 0 bridgehead atoms. The summed E-state index contributed by atoms with van der Waals surface area (Å²) in [6.45, 7) is 2.10. The molecule has 0 amide bonds. The molecule has 0 spiro atoms. The topological polar surface area (TPSA) is 98.0 Å². The number of hydrogen-bond acceptors (Lipinski definition) is 4. The third-order valence-electron chi connectivity index (χ3n) is 2.82. The summed E-state index contributed by atoms with van der Waals surface area (Å²) in [5.74, 6) is -3.97. The van der Waals surface area contributed by atoms with E-state index in [1.807, 2.05) is 0 Å². The second-order valence-corrected chi connectivity index (χ2v) is 4.55. The SMILES string of the molecule is CCCCCCC(CCCC(O)(O)O)C(=O)O. The quantitative estimate of drug-likeness (QED) is 0.346. The first kappa shape index (κ1) is 16.4. The number of aliphatic carboxylic acids is 1. The van der Waals surface area contributed by atoms with Crippen molar-refractivity contribution in [1.29, 1.82) is 0 Å². The molecule has 0 radical (unpaired) electrons. The minimum Gasteiger partial charge on any atom is -0.481 e. The summed E-state index contributed by atoms with van der Waals surface area (Å²) < 4.78 is 0. The summed E-state index contributed by atoms with van der Waals surface area (Å²) in [4.78, 5) is 10.9. The van der Waals surface area contributed by atoms with Gasteiger partial charge < -0.3 is 20.4 Å². The predicted octanol–water partition coefficient (Wildman–Crippen LogP) is 1.46. The maximum Gasteiger partial charge on any atom is 0.306 e. The first-order chi connectivity index (χ1) is 7.87. The number of carboxylic acids is 1. The Hall–Kier alpha value is -0.650. The minimum atomic E-state index is -2.68. The van der Waals surface area contributed by atoms with E-state index >= 15 is 0 Å². The van der Waals surface area contributed by atoms with Crippen LogP contribution in [0.3, 0.4) is 0 Å². The number of rotatable bonds is 10. The summed E-state index contributed by atoms with van der Waals surface area (Å²) in [5, 5.41) is 35.0. The van der Waals surface area contributed by atoms with Crippen LogP contribution < -0.4 is 0 Å². The van der Waals surface area contributed by atoms with E-state index in [9.17, 15) is 4.79 Å². The average molecular weight is 248 g/mol. The Morgan fingerprint density at radius 2 is 1.65 bits per heavy atom. The fourth-order valence-electron chi connectivity index (χ4n) is 1.79. The Morgan fingerprint density at radius 1 is 1.06 bits per heavy atom. The summed E-state index contributed by atoms with van der Waals surface area (Å²) in [6, 6.07) is 0. The molecule has 4 N–H and O–H groups in total. The van der Waals surface area contributed by atoms with Crippen molar-refractivity contribution in [3.05, 3.63) is 0 Å². The van der Waals surface area contributed by atoms with Gasteiger partial charge in [-0.05, 0) is 19.3 Å². The first-order valence-electron chi connectivity index (χ1n) is 6.26. The van der Waals surface area contributed by atoms with Crippen LogP contribution in [-0.4, -0.2) is 32.4 Å². The summed E-state index contributed by atoms with van der Waals surface area (Å²) >= 11 is 0. The molecule has 102 valence electrons. The van der Waals surface area contributed by atoms with E-state index in [0.717, 1.165) is 25.7 Å². The average Bonchev–Trinajstić information content (AvgIpc) is 2.19. The fraction of sp³-hybridized carbons (Fsp3) is 0.917. The lowest BCUT2D eigenvalue weighted by Crippen LogP contribution is -2.27. The Morgan fingerprint density at radius 3 is 2.12 bits per heavy atom. The van der Waals surface area contributed by atoms with Gasteiger partial charge in [0.05, 0.1) is 5.92 Å². The fourth-order valence-corrected chi connectivity index (χ4v) is 1.79. The van der Waals surface area contributed by atoms with Crippen molar-refractivity contribution in [2.75, 3.05) is 0 Å². The van der Waals surface area contributed by atoms with Gasteiger partial charge in [-0.2, -0.15) is 0 Å². The molecule has 0 rings (SSSR count). The number of carboxylic acid groups (broad SMARTS) is 1. The van der Waals surface area contributed by atoms with Crippen molar-refractivity contribution in [2.45, 2.75) is 64.3 Å². The molecule has 0 aliphatic rings. The van der Waals surface area contributed by atoms with Gasteiger partial charge in [0.1, 0.15) is 0 Å². The van der Waals surface area contributed by atoms with Crippen LogP contribution in [0.5, 0.6) is 0 Å². The van der Waals surface area contributed by atoms with Gasteiger partial charge in [-0.25, -0.2) is 0 Å². The molecule has 1 atom stereocenters. The molecule has 0 saturated carbocycles. The van der Waals surface area contributed by atoms with Crippen molar-refractivity contribution in [3.63, 3.8) is 0 Å². The van der Waals surface area contributed by atoms with Gasteiger partial charge in [0.25, 0.3) is 5.97 Å². The highest BCUT2D eigenvalue weighted by atomic mass is 16.7. The van der Waals surface area contributed by atoms with Gasteiger partial charge in [0.2, 0.25) is 0 Å². The zero-order valence-corrected chi connectivity index (χ0v) is 10.4. The van der Waals surface area contributed by atoms with Gasteiger partial charge in [-0.3, -0.25) is 4.79 Å². The zero-order chi connectivity index (χ0) is 13.3. The molecule has 5 nitrogen and oxygen atoms in total. The standard InChI is InChI=1S/C12H24O5/c1-2-3-4-5-7-10(11(13)14)8-6-9-12(15,16)17/h10,15-17H,2-9H2,1H3,(H,13,14). The molecule has 0 fully saturated rings. The molecule has 5 heteroatoms. The monoisotopic (exact) mass is 248 g/mol. The number of aliphatic hydroxyl groups is 3. The maximum atomic E-state index is 10.9. The number of carbonyl (C=O) groups is 1. The third-order valence-corrected chi connectivity index (χ3v) is 2.82. The lowest BCUT2D eigenvalue weighted by atomic mass is 9.95. The third kappa shape index (κ3) is 10.2. The van der Waals surface area contributed by atoms with Crippen LogP contribution in [0.1, 0.15) is 58.3 Å². The van der Waals surface area contributed by atoms with Crippen molar-refractivity contribution in [2.24, 2.45) is 5.92 Å². The lowest BCUT2D eigenvalue weighted by molar-refractivity contribution is -0.315. The van der Waals surface area contributed by atoms with E-state index in [1.54, 1.807) is 0 Å². The van der Waals surface area contributed by atoms with Crippen LogP contribution in [0.4, 0.5) is 0 Å². The maximum absolute atomic E-state index is 10.9. The molecule has 0 aliphatic heterocycles. The molecule has 0 aromatic rings. The Labute approximate surface area is 102 Å². The van der Waals surface area contributed by atoms with Crippen molar-refractivity contribution in [3.8, 4) is 0 Å². The van der Waals surface area contributed by atoms with E-state index in [0.29, 0.717) is 12.8 Å². The molecule has 0 aromatic carbocycles. The van der Waals surface area contributed by atoms with E-state index in [2.05, 4.69) is 6.92 Å². The molecule has 17 heavy (non-hydrogen) atoms.